The number of ketones is 1. The Morgan fingerprint density at radius 2 is 1.79 bits per heavy atom. The lowest BCUT2D eigenvalue weighted by atomic mass is 10.1. The van der Waals surface area contributed by atoms with Crippen molar-refractivity contribution in [3.63, 3.8) is 0 Å². The third-order valence-electron chi connectivity index (χ3n) is 5.49. The van der Waals surface area contributed by atoms with Crippen molar-refractivity contribution in [2.75, 3.05) is 7.11 Å². The molecule has 34 heavy (non-hydrogen) atoms. The average Bonchev–Trinajstić information content (AvgIpc) is 3.39. The number of methoxy groups -OCH3 is 1. The van der Waals surface area contributed by atoms with Crippen LogP contribution in [0.3, 0.4) is 0 Å². The topological polar surface area (TPSA) is 53.4 Å². The van der Waals surface area contributed by atoms with E-state index in [4.69, 9.17) is 21.1 Å². The van der Waals surface area contributed by atoms with Crippen molar-refractivity contribution in [2.45, 2.75) is 20.5 Å². The molecule has 1 aromatic heterocycles. The first-order valence-corrected chi connectivity index (χ1v) is 11.2. The van der Waals surface area contributed by atoms with Gasteiger partial charge in [0.25, 0.3) is 0 Å². The van der Waals surface area contributed by atoms with E-state index in [1.165, 1.54) is 0 Å². The molecule has 0 aliphatic carbocycles. The number of imidazole rings is 1. The Morgan fingerprint density at radius 1 is 1.06 bits per heavy atom. The molecule has 0 radical (unpaired) electrons. The van der Waals surface area contributed by atoms with Crippen LogP contribution in [-0.2, 0) is 6.61 Å². The molecule has 0 aliphatic heterocycles. The molecular formula is C28H25ClN2O3. The van der Waals surface area contributed by atoms with E-state index in [1.807, 2.05) is 79.2 Å². The molecule has 0 saturated carbocycles. The highest BCUT2D eigenvalue weighted by Gasteiger charge is 2.08. The van der Waals surface area contributed by atoms with Crippen molar-refractivity contribution in [3.8, 4) is 17.2 Å². The summed E-state index contributed by atoms with van der Waals surface area (Å²) in [6.45, 7) is 4.24. The number of allylic oxidation sites excluding steroid dienone is 1. The summed E-state index contributed by atoms with van der Waals surface area (Å²) in [6, 6.07) is 17.0. The molecule has 0 bridgehead atoms. The van der Waals surface area contributed by atoms with Gasteiger partial charge >= 0.3 is 0 Å². The Balaban J connectivity index is 1.47. The largest absolute Gasteiger partial charge is 0.496 e. The minimum atomic E-state index is -0.0714. The summed E-state index contributed by atoms with van der Waals surface area (Å²) in [5.74, 6) is 1.40. The van der Waals surface area contributed by atoms with E-state index in [-0.39, 0.29) is 5.78 Å². The van der Waals surface area contributed by atoms with E-state index in [2.05, 4.69) is 4.98 Å². The second kappa shape index (κ2) is 10.4. The van der Waals surface area contributed by atoms with Crippen LogP contribution in [0.25, 0.3) is 11.8 Å². The van der Waals surface area contributed by atoms with Crippen molar-refractivity contribution < 1.29 is 14.3 Å². The smallest absolute Gasteiger partial charge is 0.185 e. The number of rotatable bonds is 8. The van der Waals surface area contributed by atoms with Crippen LogP contribution in [0.4, 0.5) is 0 Å². The molecule has 0 amide bonds. The van der Waals surface area contributed by atoms with E-state index in [0.29, 0.717) is 12.2 Å². The number of ether oxygens (including phenoxy) is 2. The number of nitrogens with zero attached hydrogens (tertiary/aromatic N) is 2. The Morgan fingerprint density at radius 3 is 2.44 bits per heavy atom. The molecule has 0 aliphatic rings. The van der Waals surface area contributed by atoms with Gasteiger partial charge in [0.05, 0.1) is 13.4 Å². The zero-order valence-corrected chi connectivity index (χ0v) is 20.0. The second-order valence-electron chi connectivity index (χ2n) is 7.95. The Hall–Kier alpha value is -3.83. The zero-order valence-electron chi connectivity index (χ0n) is 19.3. The Kier molecular flexibility index (Phi) is 7.14. The van der Waals surface area contributed by atoms with Crippen LogP contribution in [0.15, 0.2) is 79.4 Å². The SMILES string of the molecule is COc1ccc(/C=C/C(=O)c2ccc(-n3ccnc3)cc2)cc1COc1cc(C)c(Cl)c(C)c1. The summed E-state index contributed by atoms with van der Waals surface area (Å²) < 4.78 is 13.4. The van der Waals surface area contributed by atoms with E-state index >= 15 is 0 Å². The molecule has 0 fully saturated rings. The molecule has 172 valence electrons. The fraction of sp³-hybridized carbons (Fsp3) is 0.143. The third kappa shape index (κ3) is 5.38. The fourth-order valence-corrected chi connectivity index (χ4v) is 3.75. The van der Waals surface area contributed by atoms with E-state index < -0.39 is 0 Å². The molecule has 4 aromatic rings. The summed E-state index contributed by atoms with van der Waals surface area (Å²) in [6.07, 6.45) is 8.66. The monoisotopic (exact) mass is 472 g/mol. The lowest BCUT2D eigenvalue weighted by Gasteiger charge is -2.13. The molecule has 3 aromatic carbocycles. The van der Waals surface area contributed by atoms with Crippen molar-refractivity contribution >= 4 is 23.5 Å². The van der Waals surface area contributed by atoms with Crippen LogP contribution in [-0.4, -0.2) is 22.4 Å². The summed E-state index contributed by atoms with van der Waals surface area (Å²) in [5, 5.41) is 0.748. The molecule has 5 nitrogen and oxygen atoms in total. The standard InChI is InChI=1S/C28H25ClN2O3/c1-19-14-25(15-20(2)28(19)29)34-17-23-16-21(5-11-27(23)33-3)4-10-26(32)22-6-8-24(9-7-22)31-13-12-30-18-31/h4-16,18H,17H2,1-3H3/b10-4+. The Labute approximate surface area is 204 Å². The van der Waals surface area contributed by atoms with Crippen LogP contribution in [0, 0.1) is 13.8 Å². The molecule has 4 rings (SSSR count). The minimum Gasteiger partial charge on any atom is -0.496 e. The summed E-state index contributed by atoms with van der Waals surface area (Å²) in [5.41, 5.74) is 5.27. The maximum absolute atomic E-state index is 12.7. The highest BCUT2D eigenvalue weighted by molar-refractivity contribution is 6.32. The number of aromatic nitrogens is 2. The molecular weight excluding hydrogens is 448 g/mol. The van der Waals surface area contributed by atoms with Crippen molar-refractivity contribution in [1.82, 2.24) is 9.55 Å². The van der Waals surface area contributed by atoms with Crippen molar-refractivity contribution in [3.05, 3.63) is 112 Å². The number of hydrogen-bond acceptors (Lipinski definition) is 4. The van der Waals surface area contributed by atoms with Crippen LogP contribution < -0.4 is 9.47 Å². The van der Waals surface area contributed by atoms with Gasteiger partial charge in [-0.2, -0.15) is 0 Å². The quantitative estimate of drug-likeness (QED) is 0.213. The van der Waals surface area contributed by atoms with Crippen LogP contribution in [0.5, 0.6) is 11.5 Å². The normalized spacial score (nSPS) is 11.1. The van der Waals surface area contributed by atoms with E-state index in [9.17, 15) is 4.79 Å². The van der Waals surface area contributed by atoms with Gasteiger partial charge in [-0.1, -0.05) is 23.7 Å². The van der Waals surface area contributed by atoms with Gasteiger partial charge in [-0.25, -0.2) is 4.98 Å². The van der Waals surface area contributed by atoms with Gasteiger partial charge in [-0.05, 0) is 85.1 Å². The lowest BCUT2D eigenvalue weighted by molar-refractivity contribution is 0.104. The summed E-state index contributed by atoms with van der Waals surface area (Å²) in [4.78, 5) is 16.7. The highest BCUT2D eigenvalue weighted by Crippen LogP contribution is 2.28. The van der Waals surface area contributed by atoms with Gasteiger partial charge < -0.3 is 14.0 Å². The molecule has 6 heteroatoms. The van der Waals surface area contributed by atoms with Crippen LogP contribution in [0.2, 0.25) is 5.02 Å². The Bertz CT molecular complexity index is 1300. The predicted octanol–water partition coefficient (Wildman–Crippen LogP) is 6.63. The summed E-state index contributed by atoms with van der Waals surface area (Å²) in [7, 11) is 1.63. The number of carbonyl (C=O) groups is 1. The fourth-order valence-electron chi connectivity index (χ4n) is 3.64. The zero-order chi connectivity index (χ0) is 24.1. The number of benzene rings is 3. The van der Waals surface area contributed by atoms with Gasteiger partial charge in [0.1, 0.15) is 18.1 Å². The molecule has 0 unspecified atom stereocenters. The minimum absolute atomic E-state index is 0.0714. The highest BCUT2D eigenvalue weighted by atomic mass is 35.5. The average molecular weight is 473 g/mol. The molecule has 0 N–H and O–H groups in total. The van der Waals surface area contributed by atoms with Gasteiger partial charge in [-0.15, -0.1) is 0 Å². The first-order chi connectivity index (χ1) is 16.4. The van der Waals surface area contributed by atoms with Crippen molar-refractivity contribution in [1.29, 1.82) is 0 Å². The van der Waals surface area contributed by atoms with Gasteiger partial charge in [0, 0.05) is 34.2 Å². The predicted molar refractivity (Wildman–Crippen MR) is 135 cm³/mol. The van der Waals surface area contributed by atoms with Gasteiger partial charge in [0.2, 0.25) is 0 Å². The molecule has 0 spiro atoms. The maximum Gasteiger partial charge on any atom is 0.185 e. The van der Waals surface area contributed by atoms with Crippen molar-refractivity contribution in [2.24, 2.45) is 0 Å². The first-order valence-electron chi connectivity index (χ1n) is 10.8. The number of aryl methyl sites for hydroxylation is 2. The number of carbonyl (C=O) groups excluding carboxylic acids is 1. The van der Waals surface area contributed by atoms with Gasteiger partial charge in [-0.3, -0.25) is 4.79 Å². The number of halogens is 1. The molecule has 0 saturated heterocycles. The molecule has 0 atom stereocenters. The van der Waals surface area contributed by atoms with Crippen LogP contribution >= 0.6 is 11.6 Å². The first kappa shape index (κ1) is 23.3. The lowest BCUT2D eigenvalue weighted by Crippen LogP contribution is -2.00. The second-order valence-corrected chi connectivity index (χ2v) is 8.32. The van der Waals surface area contributed by atoms with Crippen LogP contribution in [0.1, 0.15) is 32.6 Å². The maximum atomic E-state index is 12.7. The number of hydrogen-bond donors (Lipinski definition) is 0. The summed E-state index contributed by atoms with van der Waals surface area (Å²) >= 11 is 6.26. The molecule has 1 heterocycles. The van der Waals surface area contributed by atoms with Gasteiger partial charge in [0.15, 0.2) is 5.78 Å². The third-order valence-corrected chi connectivity index (χ3v) is 6.09. The van der Waals surface area contributed by atoms with E-state index in [1.54, 1.807) is 31.8 Å². The van der Waals surface area contributed by atoms with E-state index in [0.717, 1.165) is 44.5 Å².